The van der Waals surface area contributed by atoms with Gasteiger partial charge < -0.3 is 9.74 Å². The van der Waals surface area contributed by atoms with E-state index in [4.69, 9.17) is 16.4 Å². The molecule has 1 aromatic heterocycles. The first-order valence-corrected chi connectivity index (χ1v) is 7.72. The fraction of sp³-hybridized carbons (Fsp3) is 0.600. The predicted octanol–water partition coefficient (Wildman–Crippen LogP) is 3.30. The van der Waals surface area contributed by atoms with Gasteiger partial charge in [-0.2, -0.15) is 0 Å². The zero-order valence-electron chi connectivity index (χ0n) is 13.4. The van der Waals surface area contributed by atoms with Gasteiger partial charge in [0.15, 0.2) is 0 Å². The summed E-state index contributed by atoms with van der Waals surface area (Å²) in [5, 5.41) is 1.63. The first-order valence-electron chi connectivity index (χ1n) is 7.35. The van der Waals surface area contributed by atoms with Crippen LogP contribution in [0.15, 0.2) is 12.1 Å². The second-order valence-corrected chi connectivity index (χ2v) is 6.81. The van der Waals surface area contributed by atoms with Gasteiger partial charge in [-0.15, -0.1) is 5.06 Å². The van der Waals surface area contributed by atoms with Gasteiger partial charge in [0.1, 0.15) is 11.0 Å². The summed E-state index contributed by atoms with van der Waals surface area (Å²) >= 11 is 5.81. The monoisotopic (exact) mass is 347 g/mol. The molecular formula is C15H20ClF2N3O2. The number of rotatable bonds is 3. The molecule has 0 aromatic carbocycles. The maximum atomic E-state index is 12.8. The highest BCUT2D eigenvalue weighted by Gasteiger charge is 2.28. The van der Waals surface area contributed by atoms with Gasteiger partial charge in [-0.05, 0) is 32.9 Å². The SMILES string of the molecule is CC(C)(C)C(=O)ON1CCN(c2cc(C(F)F)cc(Cl)n2)CC1. The minimum atomic E-state index is -2.59. The van der Waals surface area contributed by atoms with Gasteiger partial charge in [-0.1, -0.05) is 11.6 Å². The van der Waals surface area contributed by atoms with Gasteiger partial charge in [0.2, 0.25) is 0 Å². The molecule has 1 fully saturated rings. The molecule has 1 aromatic rings. The topological polar surface area (TPSA) is 45.7 Å². The van der Waals surface area contributed by atoms with E-state index in [9.17, 15) is 13.6 Å². The fourth-order valence-corrected chi connectivity index (χ4v) is 2.27. The van der Waals surface area contributed by atoms with Crippen molar-refractivity contribution in [3.05, 3.63) is 22.8 Å². The molecule has 5 nitrogen and oxygen atoms in total. The van der Waals surface area contributed by atoms with Crippen LogP contribution in [-0.2, 0) is 9.63 Å². The molecule has 1 saturated heterocycles. The van der Waals surface area contributed by atoms with E-state index in [0.29, 0.717) is 32.0 Å². The number of pyridine rings is 1. The average molecular weight is 348 g/mol. The van der Waals surface area contributed by atoms with E-state index in [-0.39, 0.29) is 16.7 Å². The Bertz CT molecular complexity index is 570. The minimum absolute atomic E-state index is 0.0411. The lowest BCUT2D eigenvalue weighted by atomic mass is 9.98. The van der Waals surface area contributed by atoms with Crippen LogP contribution in [0.3, 0.4) is 0 Å². The number of piperazine rings is 1. The lowest BCUT2D eigenvalue weighted by Crippen LogP contribution is -2.48. The van der Waals surface area contributed by atoms with Crippen molar-refractivity contribution in [2.45, 2.75) is 27.2 Å². The van der Waals surface area contributed by atoms with Gasteiger partial charge in [0, 0.05) is 18.7 Å². The molecule has 0 spiro atoms. The molecule has 1 aliphatic rings. The zero-order valence-corrected chi connectivity index (χ0v) is 14.1. The molecule has 0 saturated carbocycles. The van der Waals surface area contributed by atoms with E-state index < -0.39 is 11.8 Å². The molecular weight excluding hydrogens is 328 g/mol. The van der Waals surface area contributed by atoms with Gasteiger partial charge in [0.05, 0.1) is 18.5 Å². The lowest BCUT2D eigenvalue weighted by molar-refractivity contribution is -0.201. The predicted molar refractivity (Wildman–Crippen MR) is 83.5 cm³/mol. The molecule has 0 bridgehead atoms. The molecule has 128 valence electrons. The molecule has 0 radical (unpaired) electrons. The molecule has 1 aliphatic heterocycles. The average Bonchev–Trinajstić information content (AvgIpc) is 2.46. The first-order chi connectivity index (χ1) is 10.7. The normalized spacial score (nSPS) is 16.7. The Kier molecular flexibility index (Phi) is 5.41. The molecule has 23 heavy (non-hydrogen) atoms. The van der Waals surface area contributed by atoms with Gasteiger partial charge in [-0.25, -0.2) is 18.6 Å². The van der Waals surface area contributed by atoms with E-state index >= 15 is 0 Å². The highest BCUT2D eigenvalue weighted by atomic mass is 35.5. The summed E-state index contributed by atoms with van der Waals surface area (Å²) in [5.74, 6) is 0.112. The number of nitrogens with zero attached hydrogens (tertiary/aromatic N) is 3. The van der Waals surface area contributed by atoms with Crippen LogP contribution in [0.25, 0.3) is 0 Å². The summed E-state index contributed by atoms with van der Waals surface area (Å²) in [4.78, 5) is 23.1. The summed E-state index contributed by atoms with van der Waals surface area (Å²) < 4.78 is 25.7. The van der Waals surface area contributed by atoms with Crippen LogP contribution in [0.2, 0.25) is 5.15 Å². The maximum Gasteiger partial charge on any atom is 0.330 e. The Labute approximate surface area is 139 Å². The van der Waals surface area contributed by atoms with E-state index in [1.165, 1.54) is 6.07 Å². The number of aromatic nitrogens is 1. The number of carbonyl (C=O) groups excluding carboxylic acids is 1. The second-order valence-electron chi connectivity index (χ2n) is 6.43. The van der Waals surface area contributed by atoms with Crippen molar-refractivity contribution < 1.29 is 18.4 Å². The van der Waals surface area contributed by atoms with Crippen molar-refractivity contribution in [1.82, 2.24) is 10.0 Å². The molecule has 0 atom stereocenters. The number of hydrogen-bond acceptors (Lipinski definition) is 5. The van der Waals surface area contributed by atoms with Crippen LogP contribution in [-0.4, -0.2) is 42.2 Å². The lowest BCUT2D eigenvalue weighted by Gasteiger charge is -2.35. The first kappa shape index (κ1) is 17.9. The maximum absolute atomic E-state index is 12.8. The molecule has 2 rings (SSSR count). The molecule has 0 unspecified atom stereocenters. The summed E-state index contributed by atoms with van der Waals surface area (Å²) in [7, 11) is 0. The minimum Gasteiger partial charge on any atom is -0.367 e. The van der Waals surface area contributed by atoms with Crippen molar-refractivity contribution in [3.63, 3.8) is 0 Å². The van der Waals surface area contributed by atoms with Crippen molar-refractivity contribution in [2.24, 2.45) is 5.41 Å². The molecule has 0 aliphatic carbocycles. The Balaban J connectivity index is 1.98. The summed E-state index contributed by atoms with van der Waals surface area (Å²) in [6, 6.07) is 2.50. The quantitative estimate of drug-likeness (QED) is 0.785. The van der Waals surface area contributed by atoms with Gasteiger partial charge in [0.25, 0.3) is 6.43 Å². The number of hydroxylamine groups is 2. The van der Waals surface area contributed by atoms with Crippen LogP contribution < -0.4 is 4.90 Å². The van der Waals surface area contributed by atoms with Crippen LogP contribution in [0.5, 0.6) is 0 Å². The van der Waals surface area contributed by atoms with E-state index in [2.05, 4.69) is 4.98 Å². The standard InChI is InChI=1S/C15H20ClF2N3O2/c1-15(2,3)14(22)23-21-6-4-20(5-7-21)12-9-10(13(17)18)8-11(16)19-12/h8-9,13H,4-7H2,1-3H3. The molecule has 2 heterocycles. The number of carbonyl (C=O) groups is 1. The summed E-state index contributed by atoms with van der Waals surface area (Å²) in [6.07, 6.45) is -2.59. The Morgan fingerprint density at radius 2 is 1.87 bits per heavy atom. The molecule has 8 heteroatoms. The van der Waals surface area contributed by atoms with Crippen LogP contribution in [0.1, 0.15) is 32.8 Å². The molecule has 0 N–H and O–H groups in total. The largest absolute Gasteiger partial charge is 0.367 e. The van der Waals surface area contributed by atoms with Gasteiger partial charge >= 0.3 is 5.97 Å². The van der Waals surface area contributed by atoms with E-state index in [0.717, 1.165) is 6.07 Å². The molecule has 0 amide bonds. The van der Waals surface area contributed by atoms with Gasteiger partial charge in [-0.3, -0.25) is 0 Å². The van der Waals surface area contributed by atoms with E-state index in [1.54, 1.807) is 25.8 Å². The number of halogens is 3. The summed E-state index contributed by atoms with van der Waals surface area (Å²) in [6.45, 7) is 7.31. The van der Waals surface area contributed by atoms with E-state index in [1.807, 2.05) is 4.90 Å². The van der Waals surface area contributed by atoms with Crippen molar-refractivity contribution >= 4 is 23.4 Å². The van der Waals surface area contributed by atoms with Crippen molar-refractivity contribution in [3.8, 4) is 0 Å². The smallest absolute Gasteiger partial charge is 0.330 e. The Morgan fingerprint density at radius 3 is 2.39 bits per heavy atom. The number of hydrogen-bond donors (Lipinski definition) is 0. The summed E-state index contributed by atoms with van der Waals surface area (Å²) in [5.41, 5.74) is -0.723. The Morgan fingerprint density at radius 1 is 1.26 bits per heavy atom. The Hall–Kier alpha value is -1.47. The zero-order chi connectivity index (χ0) is 17.2. The van der Waals surface area contributed by atoms with Crippen LogP contribution in [0.4, 0.5) is 14.6 Å². The number of anilines is 1. The van der Waals surface area contributed by atoms with Crippen LogP contribution >= 0.6 is 11.6 Å². The third kappa shape index (κ3) is 4.75. The van der Waals surface area contributed by atoms with Crippen LogP contribution in [0, 0.1) is 5.41 Å². The second kappa shape index (κ2) is 6.97. The highest BCUT2D eigenvalue weighted by molar-refractivity contribution is 6.29. The van der Waals surface area contributed by atoms with Crippen molar-refractivity contribution in [1.29, 1.82) is 0 Å². The van der Waals surface area contributed by atoms with Crippen molar-refractivity contribution in [2.75, 3.05) is 31.1 Å². The third-order valence-electron chi connectivity index (χ3n) is 3.44. The highest BCUT2D eigenvalue weighted by Crippen LogP contribution is 2.26. The third-order valence-corrected chi connectivity index (χ3v) is 3.64. The fourth-order valence-electron chi connectivity index (χ4n) is 2.05. The number of alkyl halides is 2.